The second kappa shape index (κ2) is 7.78. The minimum Gasteiger partial charge on any atom is -0.353 e. The summed E-state index contributed by atoms with van der Waals surface area (Å²) in [5.74, 6) is 1.65. The number of nitrogens with one attached hydrogen (secondary N) is 1. The van der Waals surface area contributed by atoms with Gasteiger partial charge in [-0.2, -0.15) is 0 Å². The third-order valence-electron chi connectivity index (χ3n) is 3.48. The van der Waals surface area contributed by atoms with Gasteiger partial charge in [0.25, 0.3) is 0 Å². The van der Waals surface area contributed by atoms with E-state index in [1.54, 1.807) is 12.2 Å². The number of nitrogens with zero attached hydrogens (tertiary/aromatic N) is 2. The van der Waals surface area contributed by atoms with E-state index in [0.717, 1.165) is 30.7 Å². The van der Waals surface area contributed by atoms with E-state index >= 15 is 0 Å². The average Bonchev–Trinajstić information content (AvgIpc) is 2.81. The average molecular weight is 299 g/mol. The van der Waals surface area contributed by atoms with Gasteiger partial charge in [-0.25, -0.2) is 4.98 Å². The molecule has 1 aromatic heterocycles. The van der Waals surface area contributed by atoms with Gasteiger partial charge in [-0.15, -0.1) is 0 Å². The number of para-hydroxylation sites is 2. The van der Waals surface area contributed by atoms with Crippen molar-refractivity contribution in [2.45, 2.75) is 40.2 Å². The number of rotatable bonds is 7. The van der Waals surface area contributed by atoms with Gasteiger partial charge in [0.1, 0.15) is 5.82 Å². The fraction of sp³-hybridized carbons (Fsp3) is 0.444. The van der Waals surface area contributed by atoms with E-state index in [1.807, 2.05) is 13.0 Å². The molecule has 0 aliphatic carbocycles. The lowest BCUT2D eigenvalue weighted by Gasteiger charge is -2.11. The first kappa shape index (κ1) is 16.3. The highest BCUT2D eigenvalue weighted by Gasteiger charge is 2.11. The molecule has 0 spiro atoms. The molecular formula is C18H25N3O. The lowest BCUT2D eigenvalue weighted by Crippen LogP contribution is -2.22. The number of carbonyl (C=O) groups is 1. The number of aryl methyl sites for hydroxylation is 1. The summed E-state index contributed by atoms with van der Waals surface area (Å²) in [4.78, 5) is 16.1. The van der Waals surface area contributed by atoms with Crippen LogP contribution in [0.4, 0.5) is 0 Å². The van der Waals surface area contributed by atoms with Crippen LogP contribution in [0.2, 0.25) is 0 Å². The van der Waals surface area contributed by atoms with Crippen molar-refractivity contribution in [1.82, 2.24) is 14.9 Å². The third kappa shape index (κ3) is 4.20. The Kier molecular flexibility index (Phi) is 5.75. The summed E-state index contributed by atoms with van der Waals surface area (Å²) >= 11 is 0. The second-order valence-electron chi connectivity index (χ2n) is 5.92. The molecule has 118 valence electrons. The van der Waals surface area contributed by atoms with Crippen molar-refractivity contribution in [1.29, 1.82) is 0 Å². The molecule has 1 aromatic carbocycles. The summed E-state index contributed by atoms with van der Waals surface area (Å²) in [6, 6.07) is 8.27. The van der Waals surface area contributed by atoms with Gasteiger partial charge < -0.3 is 9.88 Å². The number of fused-ring (bicyclic) bond motifs is 1. The van der Waals surface area contributed by atoms with Crippen LogP contribution in [0.3, 0.4) is 0 Å². The molecule has 0 atom stereocenters. The Morgan fingerprint density at radius 2 is 2.14 bits per heavy atom. The predicted molar refractivity (Wildman–Crippen MR) is 90.7 cm³/mol. The van der Waals surface area contributed by atoms with E-state index in [9.17, 15) is 4.79 Å². The maximum atomic E-state index is 11.4. The minimum atomic E-state index is -0.0295. The molecule has 0 aliphatic heterocycles. The fourth-order valence-corrected chi connectivity index (χ4v) is 2.55. The van der Waals surface area contributed by atoms with Crippen LogP contribution in [0.15, 0.2) is 36.4 Å². The van der Waals surface area contributed by atoms with Crippen LogP contribution < -0.4 is 5.32 Å². The molecule has 0 aliphatic rings. The molecule has 4 nitrogen and oxygen atoms in total. The van der Waals surface area contributed by atoms with E-state index in [1.165, 1.54) is 5.52 Å². The Bertz CT molecular complexity index is 655. The van der Waals surface area contributed by atoms with E-state index in [-0.39, 0.29) is 5.91 Å². The molecule has 0 radical (unpaired) electrons. The molecule has 0 fully saturated rings. The van der Waals surface area contributed by atoms with Gasteiger partial charge >= 0.3 is 0 Å². The van der Waals surface area contributed by atoms with Gasteiger partial charge in [0.05, 0.1) is 11.0 Å². The zero-order chi connectivity index (χ0) is 15.9. The lowest BCUT2D eigenvalue weighted by atomic mass is 10.2. The van der Waals surface area contributed by atoms with Crippen molar-refractivity contribution in [3.63, 3.8) is 0 Å². The van der Waals surface area contributed by atoms with Crippen molar-refractivity contribution in [2.24, 2.45) is 5.92 Å². The largest absolute Gasteiger partial charge is 0.353 e. The molecule has 2 aromatic rings. The summed E-state index contributed by atoms with van der Waals surface area (Å²) in [6.45, 7) is 7.93. The highest BCUT2D eigenvalue weighted by Crippen LogP contribution is 2.18. The third-order valence-corrected chi connectivity index (χ3v) is 3.48. The van der Waals surface area contributed by atoms with Crippen molar-refractivity contribution < 1.29 is 4.79 Å². The molecule has 0 saturated heterocycles. The summed E-state index contributed by atoms with van der Waals surface area (Å²) in [5, 5.41) is 2.89. The molecule has 0 bridgehead atoms. The molecule has 0 saturated carbocycles. The molecule has 0 unspecified atom stereocenters. The normalized spacial score (nSPS) is 11.6. The summed E-state index contributed by atoms with van der Waals surface area (Å²) in [7, 11) is 0. The van der Waals surface area contributed by atoms with Crippen molar-refractivity contribution >= 4 is 16.9 Å². The number of carbonyl (C=O) groups excluding carboxylic acids is 1. The van der Waals surface area contributed by atoms with Crippen molar-refractivity contribution in [3.05, 3.63) is 42.2 Å². The topological polar surface area (TPSA) is 46.9 Å². The Hall–Kier alpha value is -2.10. The van der Waals surface area contributed by atoms with Crippen molar-refractivity contribution in [3.8, 4) is 0 Å². The van der Waals surface area contributed by atoms with Gasteiger partial charge in [0.2, 0.25) is 5.91 Å². The van der Waals surface area contributed by atoms with Crippen LogP contribution >= 0.6 is 0 Å². The van der Waals surface area contributed by atoms with E-state index in [2.05, 4.69) is 41.9 Å². The Labute approximate surface area is 132 Å². The van der Waals surface area contributed by atoms with Gasteiger partial charge in [0, 0.05) is 19.5 Å². The smallest absolute Gasteiger partial charge is 0.243 e. The first-order valence-electron chi connectivity index (χ1n) is 7.96. The molecule has 2 rings (SSSR count). The number of amides is 1. The zero-order valence-electron chi connectivity index (χ0n) is 13.7. The molecule has 22 heavy (non-hydrogen) atoms. The van der Waals surface area contributed by atoms with Crippen LogP contribution in [-0.2, 0) is 17.8 Å². The van der Waals surface area contributed by atoms with E-state index in [4.69, 9.17) is 4.98 Å². The Morgan fingerprint density at radius 1 is 1.36 bits per heavy atom. The van der Waals surface area contributed by atoms with Gasteiger partial charge in [-0.1, -0.05) is 32.1 Å². The number of imidazole rings is 1. The van der Waals surface area contributed by atoms with Crippen LogP contribution in [0.1, 0.15) is 33.0 Å². The molecule has 4 heteroatoms. The molecular weight excluding hydrogens is 274 g/mol. The number of aromatic nitrogens is 2. The van der Waals surface area contributed by atoms with Crippen LogP contribution in [0, 0.1) is 5.92 Å². The molecule has 1 heterocycles. The number of allylic oxidation sites excluding steroid dienone is 1. The number of hydrogen-bond acceptors (Lipinski definition) is 2. The SMILES string of the molecule is C/C=C\C(=O)NCCCc1nc2ccccc2n1CC(C)C. The quantitative estimate of drug-likeness (QED) is 0.630. The zero-order valence-corrected chi connectivity index (χ0v) is 13.7. The van der Waals surface area contributed by atoms with Crippen LogP contribution in [0.25, 0.3) is 11.0 Å². The van der Waals surface area contributed by atoms with Gasteiger partial charge in [0.15, 0.2) is 0 Å². The second-order valence-corrected chi connectivity index (χ2v) is 5.92. The maximum Gasteiger partial charge on any atom is 0.243 e. The number of benzene rings is 1. The summed E-state index contributed by atoms with van der Waals surface area (Å²) in [6.07, 6.45) is 5.06. The van der Waals surface area contributed by atoms with E-state index < -0.39 is 0 Å². The summed E-state index contributed by atoms with van der Waals surface area (Å²) < 4.78 is 2.31. The minimum absolute atomic E-state index is 0.0295. The standard InChI is InChI=1S/C18H25N3O/c1-4-8-18(22)19-12-7-11-17-20-15-9-5-6-10-16(15)21(17)13-14(2)3/h4-6,8-10,14H,7,11-13H2,1-3H3,(H,19,22)/b8-4-. The van der Waals surface area contributed by atoms with Crippen LogP contribution in [-0.4, -0.2) is 22.0 Å². The van der Waals surface area contributed by atoms with Crippen molar-refractivity contribution in [2.75, 3.05) is 6.54 Å². The van der Waals surface area contributed by atoms with Gasteiger partial charge in [-0.3, -0.25) is 4.79 Å². The van der Waals surface area contributed by atoms with Crippen LogP contribution in [0.5, 0.6) is 0 Å². The number of hydrogen-bond donors (Lipinski definition) is 1. The lowest BCUT2D eigenvalue weighted by molar-refractivity contribution is -0.116. The first-order chi connectivity index (χ1) is 10.6. The highest BCUT2D eigenvalue weighted by atomic mass is 16.1. The fourth-order valence-electron chi connectivity index (χ4n) is 2.55. The van der Waals surface area contributed by atoms with E-state index in [0.29, 0.717) is 12.5 Å². The molecule has 1 N–H and O–H groups in total. The highest BCUT2D eigenvalue weighted by molar-refractivity contribution is 5.87. The Balaban J connectivity index is 2.05. The maximum absolute atomic E-state index is 11.4. The van der Waals surface area contributed by atoms with Gasteiger partial charge in [-0.05, 0) is 37.5 Å². The summed E-state index contributed by atoms with van der Waals surface area (Å²) in [5.41, 5.74) is 2.25. The predicted octanol–water partition coefficient (Wildman–Crippen LogP) is 3.32. The first-order valence-corrected chi connectivity index (χ1v) is 7.96. The molecule has 1 amide bonds. The monoisotopic (exact) mass is 299 g/mol. The Morgan fingerprint density at radius 3 is 2.86 bits per heavy atom.